The fourth-order valence-electron chi connectivity index (χ4n) is 2.88. The molecular formula is C16H27N3. The third-order valence-electron chi connectivity index (χ3n) is 4.30. The van der Waals surface area contributed by atoms with E-state index in [0.29, 0.717) is 6.04 Å². The molecule has 106 valence electrons. The predicted molar refractivity (Wildman–Crippen MR) is 81.4 cm³/mol. The molecule has 19 heavy (non-hydrogen) atoms. The first-order valence-electron chi connectivity index (χ1n) is 7.59. The summed E-state index contributed by atoms with van der Waals surface area (Å²) in [5.41, 5.74) is 2.44. The number of hydrogen-bond donors (Lipinski definition) is 1. The van der Waals surface area contributed by atoms with Crippen LogP contribution in [0.1, 0.15) is 45.2 Å². The SMILES string of the molecule is CCNCc1cc(N(C)C2CCC(C)CC2)ccn1. The molecule has 1 aliphatic rings. The molecule has 1 heterocycles. The van der Waals surface area contributed by atoms with Gasteiger partial charge in [0.2, 0.25) is 0 Å². The van der Waals surface area contributed by atoms with Crippen molar-refractivity contribution in [3.63, 3.8) is 0 Å². The van der Waals surface area contributed by atoms with Gasteiger partial charge >= 0.3 is 0 Å². The summed E-state index contributed by atoms with van der Waals surface area (Å²) in [7, 11) is 2.23. The summed E-state index contributed by atoms with van der Waals surface area (Å²) >= 11 is 0. The average Bonchev–Trinajstić information content (AvgIpc) is 2.45. The van der Waals surface area contributed by atoms with Crippen molar-refractivity contribution >= 4 is 5.69 Å². The molecule has 1 aromatic rings. The minimum absolute atomic E-state index is 0.700. The van der Waals surface area contributed by atoms with Gasteiger partial charge in [-0.1, -0.05) is 13.8 Å². The highest BCUT2D eigenvalue weighted by atomic mass is 15.1. The van der Waals surface area contributed by atoms with Crippen LogP contribution in [-0.2, 0) is 6.54 Å². The Morgan fingerprint density at radius 3 is 2.74 bits per heavy atom. The molecule has 0 aromatic carbocycles. The van der Waals surface area contributed by atoms with Crippen LogP contribution in [0.2, 0.25) is 0 Å². The van der Waals surface area contributed by atoms with Crippen molar-refractivity contribution in [2.75, 3.05) is 18.5 Å². The lowest BCUT2D eigenvalue weighted by atomic mass is 9.86. The molecule has 3 nitrogen and oxygen atoms in total. The third kappa shape index (κ3) is 3.93. The fraction of sp³-hybridized carbons (Fsp3) is 0.688. The quantitative estimate of drug-likeness (QED) is 0.882. The van der Waals surface area contributed by atoms with Crippen LogP contribution in [0, 0.1) is 5.92 Å². The van der Waals surface area contributed by atoms with Crippen LogP contribution in [-0.4, -0.2) is 24.6 Å². The van der Waals surface area contributed by atoms with E-state index in [1.54, 1.807) is 0 Å². The van der Waals surface area contributed by atoms with Crippen molar-refractivity contribution in [2.45, 2.75) is 52.1 Å². The molecule has 0 unspecified atom stereocenters. The van der Waals surface area contributed by atoms with Gasteiger partial charge in [-0.05, 0) is 50.3 Å². The number of hydrogen-bond acceptors (Lipinski definition) is 3. The first kappa shape index (κ1) is 14.3. The highest BCUT2D eigenvalue weighted by Gasteiger charge is 2.22. The summed E-state index contributed by atoms with van der Waals surface area (Å²) in [5.74, 6) is 0.909. The van der Waals surface area contributed by atoms with Gasteiger partial charge in [0.1, 0.15) is 0 Å². The summed E-state index contributed by atoms with van der Waals surface area (Å²) < 4.78 is 0. The average molecular weight is 261 g/mol. The van der Waals surface area contributed by atoms with Gasteiger partial charge in [-0.2, -0.15) is 0 Å². The Hall–Kier alpha value is -1.09. The minimum atomic E-state index is 0.700. The number of nitrogens with zero attached hydrogens (tertiary/aromatic N) is 2. The standard InChI is InChI=1S/C16H27N3/c1-4-17-12-14-11-16(9-10-18-14)19(3)15-7-5-13(2)6-8-15/h9-11,13,15,17H,4-8,12H2,1-3H3. The van der Waals surface area contributed by atoms with Crippen LogP contribution in [0.15, 0.2) is 18.3 Å². The van der Waals surface area contributed by atoms with E-state index < -0.39 is 0 Å². The van der Waals surface area contributed by atoms with Gasteiger partial charge in [0, 0.05) is 31.5 Å². The minimum Gasteiger partial charge on any atom is -0.372 e. The second-order valence-electron chi connectivity index (χ2n) is 5.81. The maximum Gasteiger partial charge on any atom is 0.0562 e. The van der Waals surface area contributed by atoms with Crippen molar-refractivity contribution < 1.29 is 0 Å². The summed E-state index contributed by atoms with van der Waals surface area (Å²) in [6.07, 6.45) is 7.31. The Balaban J connectivity index is 1.99. The van der Waals surface area contributed by atoms with Gasteiger partial charge in [-0.15, -0.1) is 0 Å². The van der Waals surface area contributed by atoms with Crippen molar-refractivity contribution in [3.8, 4) is 0 Å². The van der Waals surface area contributed by atoms with E-state index in [0.717, 1.165) is 24.7 Å². The van der Waals surface area contributed by atoms with E-state index in [-0.39, 0.29) is 0 Å². The molecule has 1 N–H and O–H groups in total. The molecule has 1 saturated carbocycles. The lowest BCUT2D eigenvalue weighted by Gasteiger charge is -2.35. The van der Waals surface area contributed by atoms with Gasteiger partial charge in [0.05, 0.1) is 5.69 Å². The zero-order valence-electron chi connectivity index (χ0n) is 12.5. The Morgan fingerprint density at radius 1 is 1.32 bits per heavy atom. The van der Waals surface area contributed by atoms with Crippen LogP contribution in [0.5, 0.6) is 0 Å². The molecule has 0 atom stereocenters. The van der Waals surface area contributed by atoms with Crippen molar-refractivity contribution in [3.05, 3.63) is 24.0 Å². The third-order valence-corrected chi connectivity index (χ3v) is 4.30. The first-order valence-corrected chi connectivity index (χ1v) is 7.59. The maximum atomic E-state index is 4.43. The molecular weight excluding hydrogens is 234 g/mol. The highest BCUT2D eigenvalue weighted by Crippen LogP contribution is 2.29. The molecule has 1 fully saturated rings. The van der Waals surface area contributed by atoms with Crippen molar-refractivity contribution in [1.29, 1.82) is 0 Å². The van der Waals surface area contributed by atoms with E-state index in [1.807, 2.05) is 6.20 Å². The van der Waals surface area contributed by atoms with E-state index >= 15 is 0 Å². The number of anilines is 1. The second kappa shape index (κ2) is 6.90. The highest BCUT2D eigenvalue weighted by molar-refractivity contribution is 5.46. The van der Waals surface area contributed by atoms with Crippen molar-refractivity contribution in [2.24, 2.45) is 5.92 Å². The lowest BCUT2D eigenvalue weighted by Crippen LogP contribution is -2.34. The molecule has 0 bridgehead atoms. The molecule has 0 aliphatic heterocycles. The van der Waals surface area contributed by atoms with Crippen LogP contribution >= 0.6 is 0 Å². The molecule has 2 rings (SSSR count). The Kier molecular flexibility index (Phi) is 5.20. The molecule has 0 amide bonds. The Bertz CT molecular complexity index is 383. The molecule has 3 heteroatoms. The molecule has 1 aliphatic carbocycles. The molecule has 0 spiro atoms. The van der Waals surface area contributed by atoms with Crippen LogP contribution < -0.4 is 10.2 Å². The number of aromatic nitrogens is 1. The van der Waals surface area contributed by atoms with Crippen LogP contribution in [0.4, 0.5) is 5.69 Å². The largest absolute Gasteiger partial charge is 0.372 e. The monoisotopic (exact) mass is 261 g/mol. The molecule has 0 radical (unpaired) electrons. The van der Waals surface area contributed by atoms with Gasteiger partial charge in [-0.3, -0.25) is 4.98 Å². The van der Waals surface area contributed by atoms with Gasteiger partial charge < -0.3 is 10.2 Å². The van der Waals surface area contributed by atoms with E-state index in [2.05, 4.69) is 48.2 Å². The zero-order valence-corrected chi connectivity index (χ0v) is 12.5. The van der Waals surface area contributed by atoms with Crippen LogP contribution in [0.25, 0.3) is 0 Å². The number of rotatable bonds is 5. The summed E-state index contributed by atoms with van der Waals surface area (Å²) in [6.45, 7) is 6.35. The van der Waals surface area contributed by atoms with Crippen molar-refractivity contribution in [1.82, 2.24) is 10.3 Å². The normalized spacial score (nSPS) is 23.3. The Labute approximate surface area is 117 Å². The van der Waals surface area contributed by atoms with Crippen LogP contribution in [0.3, 0.4) is 0 Å². The fourth-order valence-corrected chi connectivity index (χ4v) is 2.88. The molecule has 0 saturated heterocycles. The topological polar surface area (TPSA) is 28.2 Å². The number of pyridine rings is 1. The maximum absolute atomic E-state index is 4.43. The van der Waals surface area contributed by atoms with E-state index in [1.165, 1.54) is 31.4 Å². The molecule has 1 aromatic heterocycles. The van der Waals surface area contributed by atoms with E-state index in [4.69, 9.17) is 0 Å². The summed E-state index contributed by atoms with van der Waals surface area (Å²) in [5, 5.41) is 3.34. The second-order valence-corrected chi connectivity index (χ2v) is 5.81. The lowest BCUT2D eigenvalue weighted by molar-refractivity contribution is 0.340. The smallest absolute Gasteiger partial charge is 0.0562 e. The van der Waals surface area contributed by atoms with Gasteiger partial charge in [0.15, 0.2) is 0 Å². The number of nitrogens with one attached hydrogen (secondary N) is 1. The predicted octanol–water partition coefficient (Wildman–Crippen LogP) is 3.21. The zero-order chi connectivity index (χ0) is 13.7. The Morgan fingerprint density at radius 2 is 2.05 bits per heavy atom. The van der Waals surface area contributed by atoms with E-state index in [9.17, 15) is 0 Å². The summed E-state index contributed by atoms with van der Waals surface area (Å²) in [4.78, 5) is 6.87. The van der Waals surface area contributed by atoms with Gasteiger partial charge in [-0.25, -0.2) is 0 Å². The summed E-state index contributed by atoms with van der Waals surface area (Å²) in [6, 6.07) is 5.05. The first-order chi connectivity index (χ1) is 9.20. The van der Waals surface area contributed by atoms with Gasteiger partial charge in [0.25, 0.3) is 0 Å².